The van der Waals surface area contributed by atoms with Gasteiger partial charge in [-0.15, -0.1) is 0 Å². The molecule has 178 valence electrons. The average Bonchev–Trinajstić information content (AvgIpc) is 2.79. The van der Waals surface area contributed by atoms with Crippen LogP contribution in [0.15, 0.2) is 54.6 Å². The van der Waals surface area contributed by atoms with Gasteiger partial charge < -0.3 is 4.74 Å². The minimum atomic E-state index is -4.06. The zero-order chi connectivity index (χ0) is 23.9. The fourth-order valence-electron chi connectivity index (χ4n) is 4.35. The normalized spacial score (nSPS) is 15.5. The topological polar surface area (TPSA) is 92.8 Å². The molecule has 0 bridgehead atoms. The van der Waals surface area contributed by atoms with Crippen LogP contribution >= 0.6 is 0 Å². The van der Waals surface area contributed by atoms with Gasteiger partial charge in [-0.05, 0) is 49.4 Å². The molecule has 1 aliphatic rings. The quantitative estimate of drug-likeness (QED) is 0.440. The summed E-state index contributed by atoms with van der Waals surface area (Å²) in [4.78, 5) is 24.7. The molecule has 0 aromatic heterocycles. The number of ether oxygens (including phenoxy) is 1. The van der Waals surface area contributed by atoms with Gasteiger partial charge in [0.15, 0.2) is 0 Å². The number of nitrogens with one attached hydrogen (secondary N) is 1. The lowest BCUT2D eigenvalue weighted by Gasteiger charge is -2.36. The highest BCUT2D eigenvalue weighted by Gasteiger charge is 2.46. The molecule has 0 spiro atoms. The van der Waals surface area contributed by atoms with Crippen LogP contribution in [0.5, 0.6) is 0 Å². The van der Waals surface area contributed by atoms with Crippen LogP contribution in [0.1, 0.15) is 57.1 Å². The summed E-state index contributed by atoms with van der Waals surface area (Å²) in [7, 11) is -4.06. The minimum absolute atomic E-state index is 0.193. The van der Waals surface area contributed by atoms with Crippen molar-refractivity contribution in [2.24, 2.45) is 5.41 Å². The molecule has 2 aromatic rings. The number of anilines is 1. The Morgan fingerprint density at radius 3 is 2.15 bits per heavy atom. The maximum atomic E-state index is 13.5. The van der Waals surface area contributed by atoms with Gasteiger partial charge in [0.05, 0.1) is 23.5 Å². The molecule has 0 unspecified atom stereocenters. The smallest absolute Gasteiger partial charge is 0.313 e. The van der Waals surface area contributed by atoms with E-state index in [2.05, 4.69) is 5.43 Å². The molecule has 0 heterocycles. The summed E-state index contributed by atoms with van der Waals surface area (Å²) in [5, 5.41) is 0. The van der Waals surface area contributed by atoms with Gasteiger partial charge in [-0.1, -0.05) is 61.7 Å². The summed E-state index contributed by atoms with van der Waals surface area (Å²) in [5.41, 5.74) is 3.81. The number of rotatable bonds is 9. The summed E-state index contributed by atoms with van der Waals surface area (Å²) < 4.78 is 33.2. The summed E-state index contributed by atoms with van der Waals surface area (Å²) >= 11 is 0. The second-order valence-electron chi connectivity index (χ2n) is 8.58. The maximum Gasteiger partial charge on any atom is 0.313 e. The zero-order valence-corrected chi connectivity index (χ0v) is 20.1. The van der Waals surface area contributed by atoms with Gasteiger partial charge >= 0.3 is 5.97 Å². The average molecular weight is 473 g/mol. The minimum Gasteiger partial charge on any atom is -0.466 e. The van der Waals surface area contributed by atoms with E-state index in [9.17, 15) is 18.0 Å². The van der Waals surface area contributed by atoms with E-state index in [1.165, 1.54) is 6.92 Å². The van der Waals surface area contributed by atoms with Gasteiger partial charge in [-0.2, -0.15) is 4.41 Å². The lowest BCUT2D eigenvalue weighted by atomic mass is 9.75. The first kappa shape index (κ1) is 24.8. The van der Waals surface area contributed by atoms with Crippen LogP contribution in [0.25, 0.3) is 0 Å². The first-order chi connectivity index (χ1) is 15.8. The number of hydrazine groups is 1. The molecule has 3 rings (SSSR count). The Morgan fingerprint density at radius 2 is 1.58 bits per heavy atom. The molecule has 1 saturated carbocycles. The van der Waals surface area contributed by atoms with Crippen LogP contribution in [-0.4, -0.2) is 32.7 Å². The van der Waals surface area contributed by atoms with Crippen LogP contribution in [-0.2, 0) is 30.8 Å². The Labute approximate surface area is 196 Å². The molecule has 0 aliphatic heterocycles. The van der Waals surface area contributed by atoms with Gasteiger partial charge in [0.2, 0.25) is 5.91 Å². The van der Waals surface area contributed by atoms with E-state index in [0.717, 1.165) is 34.8 Å². The molecular formula is C25H32N2O5S. The van der Waals surface area contributed by atoms with Crippen LogP contribution in [0.3, 0.4) is 0 Å². The van der Waals surface area contributed by atoms with Gasteiger partial charge in [-0.25, -0.2) is 8.42 Å². The first-order valence-electron chi connectivity index (χ1n) is 11.4. The number of benzene rings is 2. The van der Waals surface area contributed by atoms with Crippen LogP contribution in [0.4, 0.5) is 5.69 Å². The standard InChI is InChI=1S/C25H32N2O5S/c1-3-32-24(29)25(16-8-5-9-17-25)19-33(30,31)27(26-20(2)28)23-14-12-22(13-15-23)18-21-10-6-4-7-11-21/h4,6-7,10-15H,3,5,8-9,16-19H2,1-2H3,(H,26,28). The number of carbonyl (C=O) groups is 2. The van der Waals surface area contributed by atoms with Gasteiger partial charge in [0.25, 0.3) is 10.0 Å². The molecule has 1 aliphatic carbocycles. The molecule has 0 radical (unpaired) electrons. The van der Waals surface area contributed by atoms with E-state index in [-0.39, 0.29) is 6.61 Å². The molecule has 8 heteroatoms. The maximum absolute atomic E-state index is 13.5. The van der Waals surface area contributed by atoms with Crippen LogP contribution in [0, 0.1) is 5.41 Å². The Balaban J connectivity index is 1.87. The molecule has 1 fully saturated rings. The van der Waals surface area contributed by atoms with Crippen LogP contribution < -0.4 is 9.84 Å². The van der Waals surface area contributed by atoms with E-state index >= 15 is 0 Å². The lowest BCUT2D eigenvalue weighted by Crippen LogP contribution is -2.51. The van der Waals surface area contributed by atoms with Crippen molar-refractivity contribution < 1.29 is 22.7 Å². The number of carbonyl (C=O) groups excluding carboxylic acids is 2. The van der Waals surface area contributed by atoms with Crippen LogP contribution in [0.2, 0.25) is 0 Å². The van der Waals surface area contributed by atoms with E-state index < -0.39 is 33.1 Å². The number of esters is 1. The Kier molecular flexibility index (Phi) is 8.13. The fraction of sp³-hybridized carbons (Fsp3) is 0.440. The molecule has 2 aromatic carbocycles. The van der Waals surface area contributed by atoms with E-state index in [1.807, 2.05) is 42.5 Å². The first-order valence-corrected chi connectivity index (χ1v) is 13.0. The van der Waals surface area contributed by atoms with Crippen molar-refractivity contribution in [1.29, 1.82) is 0 Å². The van der Waals surface area contributed by atoms with E-state index in [0.29, 0.717) is 24.9 Å². The Morgan fingerprint density at radius 1 is 0.970 bits per heavy atom. The molecule has 7 nitrogen and oxygen atoms in total. The monoisotopic (exact) mass is 472 g/mol. The van der Waals surface area contributed by atoms with Crippen molar-refractivity contribution in [1.82, 2.24) is 5.43 Å². The number of amides is 1. The summed E-state index contributed by atoms with van der Waals surface area (Å²) in [6, 6.07) is 17.0. The van der Waals surface area contributed by atoms with E-state index in [4.69, 9.17) is 4.74 Å². The SMILES string of the molecule is CCOC(=O)C1(CS(=O)(=O)N(NC(C)=O)c2ccc(Cc3ccccc3)cc2)CCCCC1. The van der Waals surface area contributed by atoms with Gasteiger partial charge in [0, 0.05) is 6.92 Å². The molecule has 1 amide bonds. The largest absolute Gasteiger partial charge is 0.466 e. The van der Waals surface area contributed by atoms with Gasteiger partial charge in [-0.3, -0.25) is 15.0 Å². The summed E-state index contributed by atoms with van der Waals surface area (Å²) in [5.74, 6) is -1.40. The molecule has 33 heavy (non-hydrogen) atoms. The summed E-state index contributed by atoms with van der Waals surface area (Å²) in [6.45, 7) is 3.16. The molecular weight excluding hydrogens is 440 g/mol. The van der Waals surface area contributed by atoms with Crippen molar-refractivity contribution >= 4 is 27.6 Å². The predicted octanol–water partition coefficient (Wildman–Crippen LogP) is 3.98. The highest BCUT2D eigenvalue weighted by atomic mass is 32.2. The van der Waals surface area contributed by atoms with Crippen molar-refractivity contribution in [3.05, 3.63) is 65.7 Å². The Hall–Kier alpha value is -2.87. The predicted molar refractivity (Wildman–Crippen MR) is 128 cm³/mol. The summed E-state index contributed by atoms with van der Waals surface area (Å²) in [6.07, 6.45) is 4.11. The molecule has 0 saturated heterocycles. The number of sulfonamides is 1. The second kappa shape index (κ2) is 10.8. The Bertz CT molecular complexity index is 1050. The zero-order valence-electron chi connectivity index (χ0n) is 19.2. The number of hydrogen-bond donors (Lipinski definition) is 1. The molecule has 0 atom stereocenters. The van der Waals surface area contributed by atoms with Crippen molar-refractivity contribution in [3.63, 3.8) is 0 Å². The third kappa shape index (κ3) is 6.35. The highest BCUT2D eigenvalue weighted by Crippen LogP contribution is 2.39. The van der Waals surface area contributed by atoms with Gasteiger partial charge in [0.1, 0.15) is 0 Å². The fourth-order valence-corrected chi connectivity index (χ4v) is 6.30. The third-order valence-corrected chi connectivity index (χ3v) is 7.71. The number of hydrogen-bond acceptors (Lipinski definition) is 5. The molecule has 1 N–H and O–H groups in total. The number of nitrogens with zero attached hydrogens (tertiary/aromatic N) is 1. The van der Waals surface area contributed by atoms with Crippen molar-refractivity contribution in [3.8, 4) is 0 Å². The third-order valence-electron chi connectivity index (χ3n) is 5.94. The highest BCUT2D eigenvalue weighted by molar-refractivity contribution is 7.92. The van der Waals surface area contributed by atoms with Crippen molar-refractivity contribution in [2.45, 2.75) is 52.4 Å². The van der Waals surface area contributed by atoms with E-state index in [1.54, 1.807) is 19.1 Å². The van der Waals surface area contributed by atoms with Crippen molar-refractivity contribution in [2.75, 3.05) is 16.8 Å². The lowest BCUT2D eigenvalue weighted by molar-refractivity contribution is -0.156. The second-order valence-corrected chi connectivity index (χ2v) is 10.4.